The van der Waals surface area contributed by atoms with Crippen molar-refractivity contribution in [2.75, 3.05) is 0 Å². The molecule has 0 aliphatic carbocycles. The Balaban J connectivity index is 2.23. The molecule has 0 aliphatic rings. The summed E-state index contributed by atoms with van der Waals surface area (Å²) in [7, 11) is 0. The maximum atomic E-state index is 6.74. The average Bonchev–Trinajstić information content (AvgIpc) is 2.83. The first-order chi connectivity index (χ1) is 8.77. The zero-order valence-electron chi connectivity index (χ0n) is 11.2. The van der Waals surface area contributed by atoms with Crippen LogP contribution >= 0.6 is 22.9 Å². The lowest BCUT2D eigenvalue weighted by Gasteiger charge is -2.20. The molecule has 0 fully saturated rings. The maximum Gasteiger partial charge on any atom is 0.0627 e. The topological polar surface area (TPSA) is 0 Å². The first-order valence-corrected chi connectivity index (χ1v) is 8.19. The van der Waals surface area contributed by atoms with Gasteiger partial charge in [-0.3, -0.25) is 0 Å². The Morgan fingerprint density at radius 2 is 2.00 bits per heavy atom. The predicted octanol–water partition coefficient (Wildman–Crippen LogP) is 6.40. The number of alkyl halides is 1. The van der Waals surface area contributed by atoms with Crippen molar-refractivity contribution in [1.29, 1.82) is 0 Å². The van der Waals surface area contributed by atoms with Crippen molar-refractivity contribution in [3.63, 3.8) is 0 Å². The Kier molecular flexibility index (Phi) is 5.08. The second-order valence-corrected chi connectivity index (χ2v) is 6.28. The lowest BCUT2D eigenvalue weighted by molar-refractivity contribution is 0.439. The van der Waals surface area contributed by atoms with Gasteiger partial charge in [-0.05, 0) is 34.7 Å². The van der Waals surface area contributed by atoms with Gasteiger partial charge in [0.2, 0.25) is 0 Å². The maximum absolute atomic E-state index is 6.74. The molecule has 1 aromatic heterocycles. The number of rotatable bonds is 6. The zero-order valence-corrected chi connectivity index (χ0v) is 12.7. The minimum atomic E-state index is 0.165. The number of halogens is 1. The molecular weight excluding hydrogens is 260 g/mol. The van der Waals surface area contributed by atoms with Gasteiger partial charge in [-0.15, -0.1) is 22.9 Å². The summed E-state index contributed by atoms with van der Waals surface area (Å²) in [6, 6.07) is 8.58. The van der Waals surface area contributed by atoms with Crippen LogP contribution in [0, 0.1) is 5.92 Å². The summed E-state index contributed by atoms with van der Waals surface area (Å²) in [6.45, 7) is 4.50. The van der Waals surface area contributed by atoms with E-state index < -0.39 is 0 Å². The van der Waals surface area contributed by atoms with Gasteiger partial charge in [0.05, 0.1) is 5.38 Å². The molecule has 18 heavy (non-hydrogen) atoms. The van der Waals surface area contributed by atoms with E-state index in [0.717, 1.165) is 0 Å². The van der Waals surface area contributed by atoms with Gasteiger partial charge in [-0.2, -0.15) is 0 Å². The molecule has 0 nitrogen and oxygen atoms in total. The first-order valence-electron chi connectivity index (χ1n) is 6.88. The fraction of sp³-hybridized carbons (Fsp3) is 0.500. The summed E-state index contributed by atoms with van der Waals surface area (Å²) >= 11 is 8.54. The minimum absolute atomic E-state index is 0.165. The average molecular weight is 281 g/mol. The first kappa shape index (κ1) is 13.9. The van der Waals surface area contributed by atoms with E-state index in [1.165, 1.54) is 41.3 Å². The molecule has 0 amide bonds. The fourth-order valence-electron chi connectivity index (χ4n) is 2.49. The third-order valence-electron chi connectivity index (χ3n) is 3.67. The van der Waals surface area contributed by atoms with Crippen LogP contribution in [0.1, 0.15) is 50.5 Å². The van der Waals surface area contributed by atoms with Gasteiger partial charge >= 0.3 is 0 Å². The fourth-order valence-corrected chi connectivity index (χ4v) is 4.05. The quantitative estimate of drug-likeness (QED) is 0.537. The van der Waals surface area contributed by atoms with E-state index in [1.807, 2.05) is 11.3 Å². The van der Waals surface area contributed by atoms with Crippen molar-refractivity contribution in [2.24, 2.45) is 5.92 Å². The van der Waals surface area contributed by atoms with Crippen molar-refractivity contribution in [3.8, 4) is 0 Å². The molecule has 0 radical (unpaired) electrons. The van der Waals surface area contributed by atoms with Crippen LogP contribution in [0.2, 0.25) is 0 Å². The molecule has 2 unspecified atom stereocenters. The smallest absolute Gasteiger partial charge is 0.0627 e. The van der Waals surface area contributed by atoms with E-state index in [9.17, 15) is 0 Å². The lowest BCUT2D eigenvalue weighted by Crippen LogP contribution is -2.06. The largest absolute Gasteiger partial charge is 0.143 e. The number of fused-ring (bicyclic) bond motifs is 1. The summed E-state index contributed by atoms with van der Waals surface area (Å²) in [5.74, 6) is 0.602. The Morgan fingerprint density at radius 1 is 1.22 bits per heavy atom. The van der Waals surface area contributed by atoms with Crippen LogP contribution < -0.4 is 0 Å². The van der Waals surface area contributed by atoms with Gasteiger partial charge in [-0.1, -0.05) is 51.3 Å². The van der Waals surface area contributed by atoms with Crippen molar-refractivity contribution < 1.29 is 0 Å². The monoisotopic (exact) mass is 280 g/mol. The highest BCUT2D eigenvalue weighted by atomic mass is 35.5. The highest BCUT2D eigenvalue weighted by molar-refractivity contribution is 7.17. The molecule has 2 rings (SSSR count). The van der Waals surface area contributed by atoms with Crippen LogP contribution in [0.3, 0.4) is 0 Å². The van der Waals surface area contributed by atoms with Crippen LogP contribution in [-0.2, 0) is 0 Å². The second-order valence-electron chi connectivity index (χ2n) is 4.90. The third-order valence-corrected chi connectivity index (χ3v) is 5.25. The molecule has 0 bridgehead atoms. The Bertz CT molecular complexity index is 489. The molecule has 2 heteroatoms. The van der Waals surface area contributed by atoms with Gasteiger partial charge in [0.25, 0.3) is 0 Å². The predicted molar refractivity (Wildman–Crippen MR) is 83.7 cm³/mol. The Hall–Kier alpha value is -0.530. The van der Waals surface area contributed by atoms with Crippen LogP contribution in [0.4, 0.5) is 0 Å². The Morgan fingerprint density at radius 3 is 2.72 bits per heavy atom. The van der Waals surface area contributed by atoms with Crippen LogP contribution in [0.15, 0.2) is 29.6 Å². The van der Waals surface area contributed by atoms with Crippen molar-refractivity contribution >= 4 is 33.0 Å². The molecule has 0 saturated carbocycles. The second kappa shape index (κ2) is 6.58. The number of benzene rings is 1. The molecule has 0 N–H and O–H groups in total. The van der Waals surface area contributed by atoms with E-state index in [0.29, 0.717) is 5.92 Å². The number of unbranched alkanes of at least 4 members (excludes halogenated alkanes) is 1. The SMILES string of the molecule is CCCCC(CC)C(Cl)c1csc2ccccc12. The van der Waals surface area contributed by atoms with E-state index in [4.69, 9.17) is 11.6 Å². The molecule has 2 aromatic rings. The van der Waals surface area contributed by atoms with Gasteiger partial charge < -0.3 is 0 Å². The van der Waals surface area contributed by atoms with Crippen molar-refractivity contribution in [1.82, 2.24) is 0 Å². The number of hydrogen-bond donors (Lipinski definition) is 0. The minimum Gasteiger partial charge on any atom is -0.143 e. The zero-order chi connectivity index (χ0) is 13.0. The molecule has 1 heterocycles. The van der Waals surface area contributed by atoms with E-state index >= 15 is 0 Å². The highest BCUT2D eigenvalue weighted by Gasteiger charge is 2.21. The van der Waals surface area contributed by atoms with E-state index in [-0.39, 0.29) is 5.38 Å². The third kappa shape index (κ3) is 2.89. The molecular formula is C16H21ClS. The highest BCUT2D eigenvalue weighted by Crippen LogP contribution is 2.40. The van der Waals surface area contributed by atoms with Gasteiger partial charge in [0.15, 0.2) is 0 Å². The molecule has 0 aliphatic heterocycles. The lowest BCUT2D eigenvalue weighted by atomic mass is 9.91. The summed E-state index contributed by atoms with van der Waals surface area (Å²) in [6.07, 6.45) is 4.94. The van der Waals surface area contributed by atoms with Crippen LogP contribution in [0.5, 0.6) is 0 Å². The van der Waals surface area contributed by atoms with Gasteiger partial charge in [0.1, 0.15) is 0 Å². The molecule has 2 atom stereocenters. The van der Waals surface area contributed by atoms with E-state index in [1.54, 1.807) is 0 Å². The summed E-state index contributed by atoms with van der Waals surface area (Å²) in [5, 5.41) is 3.76. The normalized spacial score (nSPS) is 14.8. The van der Waals surface area contributed by atoms with Gasteiger partial charge in [-0.25, -0.2) is 0 Å². The summed E-state index contributed by atoms with van der Waals surface area (Å²) in [5.41, 5.74) is 1.33. The molecule has 98 valence electrons. The Labute approximate surface area is 119 Å². The van der Waals surface area contributed by atoms with Crippen LogP contribution in [0.25, 0.3) is 10.1 Å². The van der Waals surface area contributed by atoms with Crippen molar-refractivity contribution in [3.05, 3.63) is 35.2 Å². The molecule has 1 aromatic carbocycles. The van der Waals surface area contributed by atoms with Gasteiger partial charge in [0, 0.05) is 4.70 Å². The number of hydrogen-bond acceptors (Lipinski definition) is 1. The van der Waals surface area contributed by atoms with Crippen molar-refractivity contribution in [2.45, 2.75) is 44.9 Å². The summed E-state index contributed by atoms with van der Waals surface area (Å²) < 4.78 is 1.35. The van der Waals surface area contributed by atoms with Crippen LogP contribution in [-0.4, -0.2) is 0 Å². The van der Waals surface area contributed by atoms with E-state index in [2.05, 4.69) is 43.5 Å². The standard InChI is InChI=1S/C16H21ClS/c1-3-5-8-12(4-2)16(17)14-11-18-15-10-7-6-9-13(14)15/h6-7,9-12,16H,3-5,8H2,1-2H3. The molecule has 0 spiro atoms. The summed E-state index contributed by atoms with van der Waals surface area (Å²) in [4.78, 5) is 0. The molecule has 0 saturated heterocycles. The number of thiophene rings is 1.